The van der Waals surface area contributed by atoms with E-state index in [-0.39, 0.29) is 12.3 Å². The van der Waals surface area contributed by atoms with Gasteiger partial charge in [0.05, 0.1) is 12.6 Å². The summed E-state index contributed by atoms with van der Waals surface area (Å²) in [4.78, 5) is 23.2. The van der Waals surface area contributed by atoms with Crippen LogP contribution in [0.5, 0.6) is 0 Å². The Morgan fingerprint density at radius 2 is 2.19 bits per heavy atom. The second-order valence-electron chi connectivity index (χ2n) is 4.12. The lowest BCUT2D eigenvalue weighted by Crippen LogP contribution is -2.26. The molecule has 1 aromatic rings. The molecule has 0 radical (unpaired) electrons. The molecule has 0 spiro atoms. The second-order valence-corrected chi connectivity index (χ2v) is 6.19. The number of carboxylic acids is 1. The standard InChI is InChI=1S/C13H13N3O3S2/c1-20-9-4-2-8(3-5-9)7-14-16-13-15-12(19)10(21-13)6-11(17)18/h2-5,7,10H,6H2,1H3,(H,17,18)(H,15,16,19). The van der Waals surface area contributed by atoms with Crippen LogP contribution in [-0.2, 0) is 9.59 Å². The summed E-state index contributed by atoms with van der Waals surface area (Å²) >= 11 is 2.74. The minimum Gasteiger partial charge on any atom is -0.481 e. The van der Waals surface area contributed by atoms with Gasteiger partial charge in [-0.3, -0.25) is 9.59 Å². The fourth-order valence-electron chi connectivity index (χ4n) is 1.58. The summed E-state index contributed by atoms with van der Waals surface area (Å²) in [5.74, 6) is -1.36. The quantitative estimate of drug-likeness (QED) is 0.490. The van der Waals surface area contributed by atoms with Crippen molar-refractivity contribution in [3.8, 4) is 0 Å². The van der Waals surface area contributed by atoms with E-state index in [0.717, 1.165) is 22.2 Å². The number of thioether (sulfide) groups is 2. The second kappa shape index (κ2) is 7.28. The zero-order chi connectivity index (χ0) is 15.2. The van der Waals surface area contributed by atoms with Crippen molar-refractivity contribution in [2.45, 2.75) is 16.6 Å². The lowest BCUT2D eigenvalue weighted by molar-refractivity contribution is -0.138. The summed E-state index contributed by atoms with van der Waals surface area (Å²) < 4.78 is 0. The van der Waals surface area contributed by atoms with Crippen molar-refractivity contribution in [2.75, 3.05) is 6.26 Å². The van der Waals surface area contributed by atoms with Crippen LogP contribution < -0.4 is 5.32 Å². The molecule has 1 aliphatic rings. The Hall–Kier alpha value is -1.80. The van der Waals surface area contributed by atoms with Crippen LogP contribution in [0.3, 0.4) is 0 Å². The number of benzene rings is 1. The number of carbonyl (C=O) groups excluding carboxylic acids is 1. The number of amidine groups is 1. The SMILES string of the molecule is CSc1ccc(C=N/N=C2\NC(=O)C(CC(=O)O)S2)cc1. The van der Waals surface area contributed by atoms with Crippen LogP contribution in [0.1, 0.15) is 12.0 Å². The first-order valence-corrected chi connectivity index (χ1v) is 8.13. The van der Waals surface area contributed by atoms with Gasteiger partial charge in [0.1, 0.15) is 5.25 Å². The Morgan fingerprint density at radius 3 is 2.81 bits per heavy atom. The number of nitrogens with zero attached hydrogens (tertiary/aromatic N) is 2. The third-order valence-corrected chi connectivity index (χ3v) is 4.42. The van der Waals surface area contributed by atoms with E-state index in [1.54, 1.807) is 18.0 Å². The van der Waals surface area contributed by atoms with Gasteiger partial charge in [0.2, 0.25) is 5.91 Å². The predicted molar refractivity (Wildman–Crippen MR) is 85.0 cm³/mol. The Kier molecular flexibility index (Phi) is 5.40. The molecule has 2 rings (SSSR count). The van der Waals surface area contributed by atoms with Gasteiger partial charge in [-0.15, -0.1) is 16.9 Å². The Balaban J connectivity index is 1.96. The molecule has 1 fully saturated rings. The summed E-state index contributed by atoms with van der Waals surface area (Å²) in [5, 5.41) is 18.7. The Bertz CT molecular complexity index is 599. The molecule has 21 heavy (non-hydrogen) atoms. The van der Waals surface area contributed by atoms with Gasteiger partial charge in [-0.25, -0.2) is 0 Å². The van der Waals surface area contributed by atoms with Crippen molar-refractivity contribution in [1.29, 1.82) is 0 Å². The topological polar surface area (TPSA) is 91.1 Å². The first kappa shape index (κ1) is 15.6. The van der Waals surface area contributed by atoms with Gasteiger partial charge >= 0.3 is 5.97 Å². The molecule has 110 valence electrons. The highest BCUT2D eigenvalue weighted by Crippen LogP contribution is 2.22. The molecule has 1 amide bonds. The number of amides is 1. The molecule has 0 saturated carbocycles. The molecule has 8 heteroatoms. The molecular weight excluding hydrogens is 310 g/mol. The molecule has 1 heterocycles. The molecule has 0 bridgehead atoms. The number of carbonyl (C=O) groups is 2. The van der Waals surface area contributed by atoms with Crippen molar-refractivity contribution < 1.29 is 14.7 Å². The van der Waals surface area contributed by atoms with Crippen molar-refractivity contribution in [3.05, 3.63) is 29.8 Å². The number of hydrogen-bond donors (Lipinski definition) is 2. The highest BCUT2D eigenvalue weighted by Gasteiger charge is 2.32. The van der Waals surface area contributed by atoms with Crippen molar-refractivity contribution in [3.63, 3.8) is 0 Å². The smallest absolute Gasteiger partial charge is 0.305 e. The van der Waals surface area contributed by atoms with Crippen LogP contribution in [0.2, 0.25) is 0 Å². The zero-order valence-corrected chi connectivity index (χ0v) is 12.8. The molecule has 1 aliphatic heterocycles. The Labute approximate surface area is 130 Å². The number of aliphatic carboxylic acids is 1. The summed E-state index contributed by atoms with van der Waals surface area (Å²) in [6.07, 6.45) is 3.35. The van der Waals surface area contributed by atoms with E-state index in [2.05, 4.69) is 15.5 Å². The van der Waals surface area contributed by atoms with Crippen molar-refractivity contribution in [1.82, 2.24) is 5.32 Å². The Morgan fingerprint density at radius 1 is 1.48 bits per heavy atom. The molecule has 2 N–H and O–H groups in total. The average molecular weight is 323 g/mol. The highest BCUT2D eigenvalue weighted by atomic mass is 32.2. The van der Waals surface area contributed by atoms with Crippen LogP contribution >= 0.6 is 23.5 Å². The van der Waals surface area contributed by atoms with Gasteiger partial charge in [0.25, 0.3) is 0 Å². The van der Waals surface area contributed by atoms with Crippen LogP contribution in [0.25, 0.3) is 0 Å². The summed E-state index contributed by atoms with van der Waals surface area (Å²) in [5.41, 5.74) is 0.897. The molecule has 1 atom stereocenters. The van der Waals surface area contributed by atoms with Gasteiger partial charge in [-0.2, -0.15) is 5.10 Å². The van der Waals surface area contributed by atoms with E-state index in [0.29, 0.717) is 5.17 Å². The zero-order valence-electron chi connectivity index (χ0n) is 11.1. The number of hydrogen-bond acceptors (Lipinski definition) is 6. The largest absolute Gasteiger partial charge is 0.481 e. The van der Waals surface area contributed by atoms with Gasteiger partial charge in [0.15, 0.2) is 5.17 Å². The summed E-state index contributed by atoms with van der Waals surface area (Å²) in [7, 11) is 0. The highest BCUT2D eigenvalue weighted by molar-refractivity contribution is 8.15. The van der Waals surface area contributed by atoms with Gasteiger partial charge in [-0.05, 0) is 24.0 Å². The molecule has 1 saturated heterocycles. The molecular formula is C13H13N3O3S2. The normalized spacial score (nSPS) is 20.1. The van der Waals surface area contributed by atoms with Crippen molar-refractivity contribution >= 4 is 46.8 Å². The fourth-order valence-corrected chi connectivity index (χ4v) is 2.91. The lowest BCUT2D eigenvalue weighted by atomic mass is 10.2. The van der Waals surface area contributed by atoms with Crippen LogP contribution in [-0.4, -0.2) is 39.9 Å². The molecule has 1 unspecified atom stereocenters. The van der Waals surface area contributed by atoms with Crippen molar-refractivity contribution in [2.24, 2.45) is 10.2 Å². The van der Waals surface area contributed by atoms with Crippen LogP contribution in [0, 0.1) is 0 Å². The van der Waals surface area contributed by atoms with E-state index in [1.165, 1.54) is 0 Å². The van der Waals surface area contributed by atoms with E-state index in [4.69, 9.17) is 5.11 Å². The monoisotopic (exact) mass is 323 g/mol. The summed E-state index contributed by atoms with van der Waals surface area (Å²) in [6.45, 7) is 0. The van der Waals surface area contributed by atoms with Gasteiger partial charge in [0, 0.05) is 4.90 Å². The van der Waals surface area contributed by atoms with Crippen LogP contribution in [0.15, 0.2) is 39.4 Å². The first-order chi connectivity index (χ1) is 10.1. The van der Waals surface area contributed by atoms with Crippen LogP contribution in [0.4, 0.5) is 0 Å². The lowest BCUT2D eigenvalue weighted by Gasteiger charge is -1.97. The minimum absolute atomic E-state index is 0.227. The van der Waals surface area contributed by atoms with Gasteiger partial charge in [-0.1, -0.05) is 23.9 Å². The van der Waals surface area contributed by atoms with E-state index >= 15 is 0 Å². The minimum atomic E-state index is -1.01. The maximum absolute atomic E-state index is 11.5. The molecule has 1 aromatic carbocycles. The number of nitrogens with one attached hydrogen (secondary N) is 1. The summed E-state index contributed by atoms with van der Waals surface area (Å²) in [6, 6.07) is 7.80. The average Bonchev–Trinajstić information content (AvgIpc) is 2.79. The number of rotatable bonds is 5. The van der Waals surface area contributed by atoms with E-state index in [1.807, 2.05) is 30.5 Å². The molecule has 6 nitrogen and oxygen atoms in total. The maximum atomic E-state index is 11.5. The van der Waals surface area contributed by atoms with Gasteiger partial charge < -0.3 is 10.4 Å². The third-order valence-electron chi connectivity index (χ3n) is 2.61. The van der Waals surface area contributed by atoms with E-state index in [9.17, 15) is 9.59 Å². The third kappa shape index (κ3) is 4.61. The molecule has 0 aromatic heterocycles. The predicted octanol–water partition coefficient (Wildman–Crippen LogP) is 1.80. The molecule has 0 aliphatic carbocycles. The van der Waals surface area contributed by atoms with E-state index < -0.39 is 11.2 Å². The fraction of sp³-hybridized carbons (Fsp3) is 0.231. The number of carboxylic acid groups (broad SMARTS) is 1. The first-order valence-electron chi connectivity index (χ1n) is 6.03. The maximum Gasteiger partial charge on any atom is 0.305 e.